The molecule has 0 aromatic carbocycles. The smallest absolute Gasteiger partial charge is 0.334 e. The fraction of sp³-hybridized carbons (Fsp3) is 0.733. The van der Waals surface area contributed by atoms with E-state index >= 15 is 0 Å². The zero-order valence-corrected chi connectivity index (χ0v) is 12.7. The molecule has 120 valence electrons. The molecule has 0 spiro atoms. The lowest BCUT2D eigenvalue weighted by Crippen LogP contribution is -2.45. The molecule has 2 aliphatic carbocycles. The third-order valence-electron chi connectivity index (χ3n) is 4.79. The normalized spacial score (nSPS) is 24.3. The predicted octanol–water partition coefficient (Wildman–Crippen LogP) is 0.634. The van der Waals surface area contributed by atoms with Crippen molar-refractivity contribution in [3.8, 4) is 0 Å². The average Bonchev–Trinajstić information content (AvgIpc) is 3.16. The summed E-state index contributed by atoms with van der Waals surface area (Å²) < 4.78 is 0. The van der Waals surface area contributed by atoms with Crippen LogP contribution in [0.1, 0.15) is 45.4 Å². The monoisotopic (exact) mass is 307 g/mol. The van der Waals surface area contributed by atoms with E-state index in [9.17, 15) is 19.2 Å². The molecule has 22 heavy (non-hydrogen) atoms. The van der Waals surface area contributed by atoms with Gasteiger partial charge in [0.05, 0.1) is 0 Å². The summed E-state index contributed by atoms with van der Waals surface area (Å²) in [7, 11) is 0. The second-order valence-corrected chi connectivity index (χ2v) is 6.48. The van der Waals surface area contributed by atoms with Gasteiger partial charge in [-0.15, -0.1) is 0 Å². The molecule has 3 aliphatic rings. The topological polar surface area (TPSA) is 86.8 Å². The molecular formula is C15H21N3O4. The lowest BCUT2D eigenvalue weighted by molar-refractivity contribution is -0.144. The highest BCUT2D eigenvalue weighted by atomic mass is 16.2. The minimum atomic E-state index is -0.883. The van der Waals surface area contributed by atoms with Crippen LogP contribution in [0.25, 0.3) is 0 Å². The number of carbonyl (C=O) groups excluding carboxylic acids is 4. The van der Waals surface area contributed by atoms with Crippen molar-refractivity contribution < 1.29 is 19.2 Å². The number of imide groups is 2. The van der Waals surface area contributed by atoms with E-state index in [4.69, 9.17) is 0 Å². The molecule has 1 heterocycles. The Balaban J connectivity index is 1.62. The zero-order valence-electron chi connectivity index (χ0n) is 12.7. The second kappa shape index (κ2) is 5.70. The fourth-order valence-electron chi connectivity index (χ4n) is 3.30. The van der Waals surface area contributed by atoms with Crippen LogP contribution in [0.15, 0.2) is 0 Å². The Morgan fingerprint density at radius 1 is 1.14 bits per heavy atom. The average molecular weight is 307 g/mol. The van der Waals surface area contributed by atoms with Crippen molar-refractivity contribution in [3.05, 3.63) is 0 Å². The maximum absolute atomic E-state index is 12.3. The summed E-state index contributed by atoms with van der Waals surface area (Å²) >= 11 is 0. The van der Waals surface area contributed by atoms with Gasteiger partial charge >= 0.3 is 17.8 Å². The SMILES string of the molecule is C[C@H](NC(=O)CN1C(=O)C(=O)N(C2CCCC2)C1=O)C1CC1. The quantitative estimate of drug-likeness (QED) is 0.596. The molecule has 1 N–H and O–H groups in total. The minimum Gasteiger partial charge on any atom is -0.352 e. The second-order valence-electron chi connectivity index (χ2n) is 6.48. The minimum absolute atomic E-state index is 0.0435. The van der Waals surface area contributed by atoms with Crippen molar-refractivity contribution in [2.45, 2.75) is 57.5 Å². The molecule has 3 fully saturated rings. The van der Waals surface area contributed by atoms with E-state index < -0.39 is 17.8 Å². The lowest BCUT2D eigenvalue weighted by atomic mass is 10.2. The Labute approximate surface area is 129 Å². The molecule has 0 radical (unpaired) electrons. The van der Waals surface area contributed by atoms with Crippen LogP contribution in [-0.2, 0) is 14.4 Å². The molecule has 3 rings (SSSR count). The van der Waals surface area contributed by atoms with Crippen LogP contribution in [0.5, 0.6) is 0 Å². The Morgan fingerprint density at radius 3 is 2.36 bits per heavy atom. The molecule has 0 aromatic heterocycles. The number of hydrogen-bond donors (Lipinski definition) is 1. The van der Waals surface area contributed by atoms with E-state index in [0.717, 1.165) is 48.3 Å². The summed E-state index contributed by atoms with van der Waals surface area (Å²) in [4.78, 5) is 50.1. The lowest BCUT2D eigenvalue weighted by Gasteiger charge is -2.21. The summed E-state index contributed by atoms with van der Waals surface area (Å²) in [6.45, 7) is 1.54. The summed E-state index contributed by atoms with van der Waals surface area (Å²) in [5, 5.41) is 2.79. The van der Waals surface area contributed by atoms with Crippen LogP contribution >= 0.6 is 0 Å². The first-order chi connectivity index (χ1) is 10.5. The van der Waals surface area contributed by atoms with Crippen molar-refractivity contribution in [3.63, 3.8) is 0 Å². The Bertz CT molecular complexity index is 523. The number of nitrogens with one attached hydrogen (secondary N) is 1. The highest BCUT2D eigenvalue weighted by molar-refractivity contribution is 6.45. The van der Waals surface area contributed by atoms with Gasteiger partial charge in [-0.25, -0.2) is 9.69 Å². The zero-order chi connectivity index (χ0) is 15.9. The van der Waals surface area contributed by atoms with Crippen molar-refractivity contribution in [1.82, 2.24) is 15.1 Å². The standard InChI is InChI=1S/C15H21N3O4/c1-9(10-6-7-10)16-12(19)8-17-13(20)14(21)18(15(17)22)11-4-2-3-5-11/h9-11H,2-8H2,1H3,(H,16,19)/t9-/m0/s1. The molecule has 0 bridgehead atoms. The van der Waals surface area contributed by atoms with Gasteiger partial charge in [-0.2, -0.15) is 0 Å². The molecule has 7 heteroatoms. The van der Waals surface area contributed by atoms with Gasteiger partial charge in [-0.05, 0) is 38.5 Å². The van der Waals surface area contributed by atoms with E-state index in [2.05, 4.69) is 5.32 Å². The molecule has 1 saturated heterocycles. The van der Waals surface area contributed by atoms with Crippen LogP contribution in [-0.4, -0.2) is 52.2 Å². The van der Waals surface area contributed by atoms with Crippen LogP contribution in [0.2, 0.25) is 0 Å². The predicted molar refractivity (Wildman–Crippen MR) is 76.5 cm³/mol. The van der Waals surface area contributed by atoms with Crippen LogP contribution < -0.4 is 5.32 Å². The first kappa shape index (κ1) is 15.0. The van der Waals surface area contributed by atoms with Gasteiger partial charge in [0.25, 0.3) is 0 Å². The summed E-state index contributed by atoms with van der Waals surface area (Å²) in [5.74, 6) is -1.57. The fourth-order valence-corrected chi connectivity index (χ4v) is 3.30. The van der Waals surface area contributed by atoms with Crippen LogP contribution in [0.4, 0.5) is 4.79 Å². The number of amides is 5. The number of nitrogens with zero attached hydrogens (tertiary/aromatic N) is 2. The molecule has 2 saturated carbocycles. The number of urea groups is 1. The molecule has 5 amide bonds. The maximum atomic E-state index is 12.3. The molecule has 1 atom stereocenters. The first-order valence-electron chi connectivity index (χ1n) is 7.97. The van der Waals surface area contributed by atoms with Crippen molar-refractivity contribution in [2.75, 3.05) is 6.54 Å². The number of rotatable bonds is 5. The molecule has 1 aliphatic heterocycles. The Kier molecular flexibility index (Phi) is 3.88. The van der Waals surface area contributed by atoms with Crippen LogP contribution in [0.3, 0.4) is 0 Å². The van der Waals surface area contributed by atoms with Crippen molar-refractivity contribution >= 4 is 23.8 Å². The molecule has 0 aromatic rings. The van der Waals surface area contributed by atoms with E-state index in [1.54, 1.807) is 0 Å². The third-order valence-corrected chi connectivity index (χ3v) is 4.79. The van der Waals surface area contributed by atoms with Crippen molar-refractivity contribution in [2.24, 2.45) is 5.92 Å². The van der Waals surface area contributed by atoms with E-state index in [-0.39, 0.29) is 24.5 Å². The number of carbonyl (C=O) groups is 4. The van der Waals surface area contributed by atoms with E-state index in [1.807, 2.05) is 6.92 Å². The van der Waals surface area contributed by atoms with Gasteiger partial charge in [0.1, 0.15) is 6.54 Å². The molecule has 7 nitrogen and oxygen atoms in total. The summed E-state index contributed by atoms with van der Waals surface area (Å²) in [6.07, 6.45) is 5.57. The largest absolute Gasteiger partial charge is 0.352 e. The van der Waals surface area contributed by atoms with Gasteiger partial charge in [0.2, 0.25) is 5.91 Å². The summed E-state index contributed by atoms with van der Waals surface area (Å²) in [6, 6.07) is -0.791. The van der Waals surface area contributed by atoms with Crippen molar-refractivity contribution in [1.29, 1.82) is 0 Å². The van der Waals surface area contributed by atoms with Gasteiger partial charge in [0.15, 0.2) is 0 Å². The molecule has 0 unspecified atom stereocenters. The van der Waals surface area contributed by atoms with Crippen LogP contribution in [0, 0.1) is 5.92 Å². The van der Waals surface area contributed by atoms with Gasteiger partial charge in [0, 0.05) is 12.1 Å². The Morgan fingerprint density at radius 2 is 1.77 bits per heavy atom. The van der Waals surface area contributed by atoms with E-state index in [1.165, 1.54) is 0 Å². The molecular weight excluding hydrogens is 286 g/mol. The highest BCUT2D eigenvalue weighted by Crippen LogP contribution is 2.32. The summed E-state index contributed by atoms with van der Waals surface area (Å²) in [5.41, 5.74) is 0. The van der Waals surface area contributed by atoms with Gasteiger partial charge < -0.3 is 5.32 Å². The van der Waals surface area contributed by atoms with E-state index in [0.29, 0.717) is 5.92 Å². The first-order valence-corrected chi connectivity index (χ1v) is 7.97. The maximum Gasteiger partial charge on any atom is 0.334 e. The number of hydrogen-bond acceptors (Lipinski definition) is 4. The van der Waals surface area contributed by atoms with Gasteiger partial charge in [-0.3, -0.25) is 19.3 Å². The van der Waals surface area contributed by atoms with Gasteiger partial charge in [-0.1, -0.05) is 12.8 Å². The third kappa shape index (κ3) is 2.71. The Hall–Kier alpha value is -1.92. The highest BCUT2D eigenvalue weighted by Gasteiger charge is 2.48.